The van der Waals surface area contributed by atoms with E-state index in [1.807, 2.05) is 56.3 Å². The number of benzene rings is 4. The zero-order valence-electron chi connectivity index (χ0n) is 76.3. The van der Waals surface area contributed by atoms with Gasteiger partial charge in [-0.05, 0) is 323 Å². The van der Waals surface area contributed by atoms with E-state index < -0.39 is 60.2 Å². The molecular formula is C71H151Cl7N28P12. The maximum atomic E-state index is 8.17. The molecule has 3 heterocycles. The number of nitrogens with zero attached hydrogens (tertiary/aromatic N) is 23. The molecule has 0 saturated carbocycles. The van der Waals surface area contributed by atoms with Crippen molar-refractivity contribution in [2.45, 2.75) is 63.7 Å². The number of nitrogens with two attached hydrogens (primary N) is 1. The Kier molecular flexibility index (Phi) is 51.2. The van der Waals surface area contributed by atoms with E-state index in [0.717, 1.165) is 97.6 Å². The van der Waals surface area contributed by atoms with Crippen molar-refractivity contribution in [3.8, 4) is 0 Å². The Bertz CT molecular complexity index is 3800. The standard InChI is InChI=1S/C23H51N10P3.C22H50N10P4.C10H14Cl2N2P2.C10H17N2P.C6H19N4P.Cl5P/c1-27(2)35(28(3)4,29(5)6)25-23(26-36(30(7)8,31(9)10)32(11)12)24-18-13-19-33(23)20-21-14-16-22(34)17-15-21;1-26(2)35(27(3)4,28(5)6)24-34(25-36(29(7)8,30(9)10)31(11)12)23-18-13-19-32(34)20-21-14-16-22(33)17-15-21;11-16(12)13-6-5-9(14-16)7-8-1-3-10(15)4-2-8;11-6-1-7-12-8-9-2-4-10(13)5-3-9;1-8(2)11(7,9(3)4)10(5)6;1-6(2,3,4)5/h14-17,24H,13,18-20,34H2,1-12H3;14-17H,13,18-20,33H2,1-12H3;1-4,9,14H,5-7,15H2;2-5,12H,1,6-8,11,13H2;7H,1-6H3;. The first-order valence-electron chi connectivity index (χ1n) is 38.6. The third-order valence-electron chi connectivity index (χ3n) is 18.9. The third kappa shape index (κ3) is 35.2. The van der Waals surface area contributed by atoms with Gasteiger partial charge >= 0.3 is 59.6 Å². The molecule has 684 valence electrons. The summed E-state index contributed by atoms with van der Waals surface area (Å²) >= 11 is 37.0. The van der Waals surface area contributed by atoms with Crippen LogP contribution in [0.5, 0.6) is 0 Å². The van der Waals surface area contributed by atoms with Gasteiger partial charge in [-0.1, -0.05) is 97.1 Å². The normalized spacial score (nSPS) is 17.4. The zero-order valence-corrected chi connectivity index (χ0v) is 93.4. The van der Waals surface area contributed by atoms with Crippen LogP contribution in [0.2, 0.25) is 0 Å². The summed E-state index contributed by atoms with van der Waals surface area (Å²) in [5.74, 6) is -3.14. The summed E-state index contributed by atoms with van der Waals surface area (Å²) in [6, 6.07) is 34.7. The summed E-state index contributed by atoms with van der Waals surface area (Å²) in [5, 5.41) is 23.4. The first kappa shape index (κ1) is 116. The van der Waals surface area contributed by atoms with Crippen LogP contribution in [0.25, 0.3) is 0 Å². The van der Waals surface area contributed by atoms with Crippen LogP contribution in [0.3, 0.4) is 0 Å². The predicted octanol–water partition coefficient (Wildman–Crippen LogP) is 17.1. The minimum atomic E-state index is -3.69. The number of hydrogen-bond acceptors (Lipinski definition) is 13. The zero-order chi connectivity index (χ0) is 90.7. The minimum Gasteiger partial charge on any atom is -0.330 e. The molecule has 4 aromatic rings. The average molecular weight is 2020 g/mol. The van der Waals surface area contributed by atoms with Crippen molar-refractivity contribution >= 4 is 191 Å². The summed E-state index contributed by atoms with van der Waals surface area (Å²) in [6.45, 7) is 8.47. The molecule has 0 spiro atoms. The molecule has 1 saturated heterocycles. The van der Waals surface area contributed by atoms with Gasteiger partial charge in [0.1, 0.15) is 0 Å². The summed E-state index contributed by atoms with van der Waals surface area (Å²) < 4.78 is 64.9. The molecule has 5 unspecified atom stereocenters. The average Bonchev–Trinajstić information content (AvgIpc) is 0.740. The van der Waals surface area contributed by atoms with Crippen LogP contribution >= 0.6 is 170 Å². The quantitative estimate of drug-likeness (QED) is 0.0242. The molecule has 7 rings (SSSR count). The molecule has 1 fully saturated rings. The minimum absolute atomic E-state index is 0.344. The van der Waals surface area contributed by atoms with E-state index in [-0.39, 0.29) is 0 Å². The molecule has 5 atom stereocenters. The summed E-state index contributed by atoms with van der Waals surface area (Å²) in [4.78, 5) is 2.44. The van der Waals surface area contributed by atoms with Gasteiger partial charge in [-0.2, -0.15) is 9.03 Å². The van der Waals surface area contributed by atoms with Crippen LogP contribution in [0.1, 0.15) is 47.9 Å². The van der Waals surface area contributed by atoms with E-state index in [0.29, 0.717) is 6.04 Å². The monoisotopic (exact) mass is 2010 g/mol. The Hall–Kier alpha value is 1.83. The van der Waals surface area contributed by atoms with Gasteiger partial charge in [0.05, 0.1) is 0 Å². The summed E-state index contributed by atoms with van der Waals surface area (Å²) in [7, 11) is 59.9. The maximum Gasteiger partial charge on any atom is 0.203 e. The predicted molar refractivity (Wildman–Crippen MR) is 553 cm³/mol. The first-order valence-corrected chi connectivity index (χ1v) is 60.9. The van der Waals surface area contributed by atoms with Crippen molar-refractivity contribution in [3.63, 3.8) is 0 Å². The molecule has 0 bridgehead atoms. The van der Waals surface area contributed by atoms with E-state index in [1.54, 1.807) is 0 Å². The van der Waals surface area contributed by atoms with Gasteiger partial charge in [0.25, 0.3) is 13.4 Å². The van der Waals surface area contributed by atoms with Crippen molar-refractivity contribution in [1.29, 1.82) is 5.16 Å². The molecule has 118 heavy (non-hydrogen) atoms. The van der Waals surface area contributed by atoms with Crippen LogP contribution in [-0.4, -0.2) is 349 Å². The van der Waals surface area contributed by atoms with Gasteiger partial charge in [-0.3, -0.25) is 90.4 Å². The van der Waals surface area contributed by atoms with Crippen LogP contribution in [0, 0.1) is 5.16 Å². The van der Waals surface area contributed by atoms with E-state index in [4.69, 9.17) is 113 Å². The van der Waals surface area contributed by atoms with E-state index >= 15 is 0 Å². The number of rotatable bonds is 30. The smallest absolute Gasteiger partial charge is 0.203 e. The second-order valence-electron chi connectivity index (χ2n) is 31.4. The fourth-order valence-electron chi connectivity index (χ4n) is 13.8. The van der Waals surface area contributed by atoms with Gasteiger partial charge in [-0.25, -0.2) is 23.8 Å². The van der Waals surface area contributed by atoms with Crippen LogP contribution in [0.15, 0.2) is 125 Å². The number of nitrogens with one attached hydrogen (secondary N) is 4. The Morgan fingerprint density at radius 3 is 1.12 bits per heavy atom. The molecule has 0 radical (unpaired) electrons. The Balaban J connectivity index is 0.000000528. The van der Waals surface area contributed by atoms with Gasteiger partial charge < -0.3 is 11.1 Å². The van der Waals surface area contributed by atoms with Gasteiger partial charge in [0.15, 0.2) is 37.5 Å². The molecule has 0 aliphatic carbocycles. The second kappa shape index (κ2) is 52.2. The molecule has 3 aliphatic heterocycles. The molecule has 0 amide bonds. The van der Waals surface area contributed by atoms with Crippen molar-refractivity contribution in [2.24, 2.45) is 33.7 Å². The van der Waals surface area contributed by atoms with E-state index in [1.165, 1.54) is 43.5 Å². The van der Waals surface area contributed by atoms with Crippen LogP contribution in [0.4, 0.5) is 0 Å². The third-order valence-corrected chi connectivity index (χ3v) is 45.7. The molecule has 0 aromatic heterocycles. The Morgan fingerprint density at radius 2 is 0.805 bits per heavy atom. The van der Waals surface area contributed by atoms with Crippen molar-refractivity contribution in [1.82, 2.24) is 95.3 Å². The molecule has 47 heteroatoms. The maximum absolute atomic E-state index is 8.17. The van der Waals surface area contributed by atoms with Crippen molar-refractivity contribution in [2.75, 3.05) is 257 Å². The van der Waals surface area contributed by atoms with Crippen molar-refractivity contribution < 1.29 is 0 Å². The van der Waals surface area contributed by atoms with Crippen LogP contribution in [-0.2, 0) is 26.1 Å². The van der Waals surface area contributed by atoms with E-state index in [9.17, 15) is 0 Å². The molecule has 28 nitrogen and oxygen atoms in total. The topological polar surface area (TPSA) is 215 Å². The fraction of sp³-hybridized carbons (Fsp3) is 0.662. The largest absolute Gasteiger partial charge is 0.330 e. The Morgan fingerprint density at radius 1 is 0.475 bits per heavy atom. The van der Waals surface area contributed by atoms with E-state index in [2.05, 4.69) is 389 Å². The first-order chi connectivity index (χ1) is 54.2. The Labute approximate surface area is 759 Å². The molecule has 3 aliphatic rings. The fourth-order valence-corrected chi connectivity index (χ4v) is 39.7. The van der Waals surface area contributed by atoms with Gasteiger partial charge in [0, 0.05) is 58.4 Å². The number of hydrogen-bond donors (Lipinski definition) is 5. The number of halogens is 7. The SMILES string of the molecule is CN(C)P(=N)(N(C)C)N(C)C.CN(C)P(=NC1(N=P(N(C)C)(N(C)C)N(C)C)NCCCN1Cc1ccc(P)cc1)(N(C)C)N(C)C.CN(C)P(=NP1(N=P(N(C)C)(N(C)C)N(C)C)=NCCCN1Cc1ccc(P)cc1)(N(C)C)N(C)C.ClP(Cl)(Cl)(Cl)Cl.NCCCNCc1ccc(P)cc1.Pc1ccc(CC2CCN=P(Cl)(Cl)N2)cc1. The summed E-state index contributed by atoms with van der Waals surface area (Å²) in [6.07, 6.45) is 5.07. The second-order valence-corrected chi connectivity index (χ2v) is 76.8. The molecular weight excluding hydrogens is 1860 g/mol. The van der Waals surface area contributed by atoms with Crippen molar-refractivity contribution in [3.05, 3.63) is 119 Å². The molecule has 4 aromatic carbocycles. The van der Waals surface area contributed by atoms with Crippen LogP contribution < -0.4 is 42.7 Å². The molecule has 6 N–H and O–H groups in total. The van der Waals surface area contributed by atoms with Gasteiger partial charge in [0.2, 0.25) is 5.91 Å². The van der Waals surface area contributed by atoms with Gasteiger partial charge in [-0.15, -0.1) is 37.0 Å². The summed E-state index contributed by atoms with van der Waals surface area (Å²) in [5.41, 5.74) is 10.5.